The minimum Gasteiger partial charge on any atom is -0.352 e. The number of aromatic nitrogens is 5. The Morgan fingerprint density at radius 2 is 1.72 bits per heavy atom. The summed E-state index contributed by atoms with van der Waals surface area (Å²) >= 11 is 0. The predicted octanol–water partition coefficient (Wildman–Crippen LogP) is 0.171. The van der Waals surface area contributed by atoms with Gasteiger partial charge in [-0.15, -0.1) is 14.8 Å². The van der Waals surface area contributed by atoms with E-state index in [1.165, 1.54) is 4.63 Å². The second-order valence-corrected chi connectivity index (χ2v) is 7.81. The van der Waals surface area contributed by atoms with Crippen molar-refractivity contribution in [1.82, 2.24) is 29.6 Å². The maximum Gasteiger partial charge on any atom is 0.218 e. The number of rotatable bonds is 4. The van der Waals surface area contributed by atoms with Gasteiger partial charge in [-0.3, -0.25) is 0 Å². The van der Waals surface area contributed by atoms with Crippen LogP contribution in [0.25, 0.3) is 5.65 Å². The van der Waals surface area contributed by atoms with Crippen molar-refractivity contribution in [2.75, 3.05) is 31.1 Å². The molecule has 0 saturated carbocycles. The second-order valence-electron chi connectivity index (χ2n) is 5.85. The largest absolute Gasteiger partial charge is 0.352 e. The minimum absolute atomic E-state index is 0.0304. The van der Waals surface area contributed by atoms with Crippen molar-refractivity contribution in [3.05, 3.63) is 48.0 Å². The summed E-state index contributed by atoms with van der Waals surface area (Å²) in [5.74, 6) is 0.766. The zero-order valence-electron chi connectivity index (χ0n) is 13.4. The van der Waals surface area contributed by atoms with E-state index in [-0.39, 0.29) is 5.75 Å². The number of sulfonamides is 1. The molecule has 0 N–H and O–H groups in total. The van der Waals surface area contributed by atoms with Crippen LogP contribution in [-0.4, -0.2) is 64.2 Å². The fourth-order valence-electron chi connectivity index (χ4n) is 2.88. The molecule has 9 nitrogen and oxygen atoms in total. The Bertz CT molecular complexity index is 966. The first kappa shape index (κ1) is 15.9. The van der Waals surface area contributed by atoms with Gasteiger partial charge in [0.2, 0.25) is 10.0 Å². The van der Waals surface area contributed by atoms with Gasteiger partial charge in [-0.2, -0.15) is 4.31 Å². The van der Waals surface area contributed by atoms with Crippen molar-refractivity contribution in [2.24, 2.45) is 0 Å². The molecule has 130 valence electrons. The molecule has 1 aliphatic rings. The molecule has 25 heavy (non-hydrogen) atoms. The van der Waals surface area contributed by atoms with Crippen LogP contribution in [0.3, 0.4) is 0 Å². The van der Waals surface area contributed by atoms with Gasteiger partial charge >= 0.3 is 0 Å². The quantitative estimate of drug-likeness (QED) is 0.655. The molecule has 1 saturated heterocycles. The molecule has 0 bridgehead atoms. The molecule has 0 spiro atoms. The van der Waals surface area contributed by atoms with E-state index in [4.69, 9.17) is 0 Å². The molecule has 0 atom stereocenters. The molecular weight excluding hydrogens is 342 g/mol. The summed E-state index contributed by atoms with van der Waals surface area (Å²) in [5.41, 5.74) is 1.38. The average molecular weight is 359 g/mol. The van der Waals surface area contributed by atoms with Crippen LogP contribution >= 0.6 is 0 Å². The Labute approximate surface area is 144 Å². The molecule has 2 aromatic heterocycles. The highest BCUT2D eigenvalue weighted by Gasteiger charge is 2.27. The summed E-state index contributed by atoms with van der Waals surface area (Å²) in [6, 6.07) is 12.9. The van der Waals surface area contributed by atoms with E-state index in [0.717, 1.165) is 11.4 Å². The van der Waals surface area contributed by atoms with E-state index >= 15 is 0 Å². The Morgan fingerprint density at radius 1 is 0.960 bits per heavy atom. The summed E-state index contributed by atoms with van der Waals surface area (Å²) in [6.45, 7) is 2.03. The van der Waals surface area contributed by atoms with Crippen LogP contribution in [0.2, 0.25) is 0 Å². The molecule has 0 unspecified atom stereocenters. The standard InChI is InChI=1S/C15H17N7O2S/c23-25(24,12-13-4-2-1-3-5-13)21-10-8-20(9-11-21)15-7-6-14-16-18-19-22(14)17-15/h1-7H,8-12H2. The topological polar surface area (TPSA) is 96.6 Å². The van der Waals surface area contributed by atoms with Crippen LogP contribution in [0.5, 0.6) is 0 Å². The Balaban J connectivity index is 1.43. The maximum absolute atomic E-state index is 12.6. The summed E-state index contributed by atoms with van der Waals surface area (Å²) in [6.07, 6.45) is 0. The Morgan fingerprint density at radius 3 is 2.48 bits per heavy atom. The van der Waals surface area contributed by atoms with Gasteiger partial charge in [0.1, 0.15) is 0 Å². The molecule has 1 aromatic carbocycles. The first-order valence-electron chi connectivity index (χ1n) is 7.94. The second kappa shape index (κ2) is 6.37. The number of fused-ring (bicyclic) bond motifs is 1. The van der Waals surface area contributed by atoms with Crippen molar-refractivity contribution >= 4 is 21.5 Å². The molecule has 0 aliphatic carbocycles. The van der Waals surface area contributed by atoms with Gasteiger partial charge in [0.25, 0.3) is 0 Å². The van der Waals surface area contributed by atoms with Crippen molar-refractivity contribution in [3.8, 4) is 0 Å². The number of hydrogen-bond donors (Lipinski definition) is 0. The fourth-order valence-corrected chi connectivity index (χ4v) is 4.40. The van der Waals surface area contributed by atoms with Crippen molar-refractivity contribution in [1.29, 1.82) is 0 Å². The van der Waals surface area contributed by atoms with Crippen molar-refractivity contribution < 1.29 is 8.42 Å². The number of hydrogen-bond acceptors (Lipinski definition) is 7. The first-order chi connectivity index (χ1) is 12.1. The molecule has 1 fully saturated rings. The average Bonchev–Trinajstić information content (AvgIpc) is 3.10. The lowest BCUT2D eigenvalue weighted by molar-refractivity contribution is 0.382. The van der Waals surface area contributed by atoms with E-state index in [0.29, 0.717) is 31.8 Å². The monoisotopic (exact) mass is 359 g/mol. The van der Waals surface area contributed by atoms with Gasteiger partial charge in [-0.25, -0.2) is 8.42 Å². The molecule has 10 heteroatoms. The Kier molecular flexibility index (Phi) is 4.06. The zero-order chi connectivity index (χ0) is 17.3. The smallest absolute Gasteiger partial charge is 0.218 e. The van der Waals surface area contributed by atoms with Crippen LogP contribution in [0.1, 0.15) is 5.56 Å². The number of piperazine rings is 1. The maximum atomic E-state index is 12.6. The third-order valence-electron chi connectivity index (χ3n) is 4.20. The van der Waals surface area contributed by atoms with Gasteiger partial charge < -0.3 is 4.90 Å². The number of nitrogens with zero attached hydrogens (tertiary/aromatic N) is 7. The molecule has 3 aromatic rings. The number of benzene rings is 1. The van der Waals surface area contributed by atoms with Crippen LogP contribution in [0, 0.1) is 0 Å². The van der Waals surface area contributed by atoms with Crippen LogP contribution in [-0.2, 0) is 15.8 Å². The summed E-state index contributed by atoms with van der Waals surface area (Å²) in [7, 11) is -3.32. The summed E-state index contributed by atoms with van der Waals surface area (Å²) in [4.78, 5) is 2.04. The molecule has 3 heterocycles. The first-order valence-corrected chi connectivity index (χ1v) is 9.55. The van der Waals surface area contributed by atoms with Crippen LogP contribution < -0.4 is 4.90 Å². The predicted molar refractivity (Wildman–Crippen MR) is 91.4 cm³/mol. The Hall–Kier alpha value is -2.59. The van der Waals surface area contributed by atoms with E-state index in [1.807, 2.05) is 41.3 Å². The lowest BCUT2D eigenvalue weighted by Gasteiger charge is -2.34. The van der Waals surface area contributed by atoms with Crippen molar-refractivity contribution in [2.45, 2.75) is 5.75 Å². The third-order valence-corrected chi connectivity index (χ3v) is 6.05. The van der Waals surface area contributed by atoms with Gasteiger partial charge in [-0.1, -0.05) is 30.3 Å². The molecular formula is C15H17N7O2S. The molecule has 0 amide bonds. The lowest BCUT2D eigenvalue weighted by Crippen LogP contribution is -2.49. The fraction of sp³-hybridized carbons (Fsp3) is 0.333. The summed E-state index contributed by atoms with van der Waals surface area (Å²) in [5, 5.41) is 15.5. The third kappa shape index (κ3) is 3.30. The van der Waals surface area contributed by atoms with Gasteiger partial charge in [0.05, 0.1) is 5.75 Å². The number of tetrazole rings is 1. The minimum atomic E-state index is -3.32. The highest BCUT2D eigenvalue weighted by Crippen LogP contribution is 2.17. The number of anilines is 1. The van der Waals surface area contributed by atoms with E-state index in [2.05, 4.69) is 20.6 Å². The normalized spacial score (nSPS) is 16.4. The highest BCUT2D eigenvalue weighted by molar-refractivity contribution is 7.88. The van der Waals surface area contributed by atoms with Gasteiger partial charge in [0, 0.05) is 26.2 Å². The lowest BCUT2D eigenvalue weighted by atomic mass is 10.2. The van der Waals surface area contributed by atoms with E-state index in [1.54, 1.807) is 10.4 Å². The summed E-state index contributed by atoms with van der Waals surface area (Å²) < 4.78 is 28.1. The SMILES string of the molecule is O=S(=O)(Cc1ccccc1)N1CCN(c2ccc3nnnn3n2)CC1. The van der Waals surface area contributed by atoms with Crippen LogP contribution in [0.15, 0.2) is 42.5 Å². The van der Waals surface area contributed by atoms with Crippen molar-refractivity contribution in [3.63, 3.8) is 0 Å². The van der Waals surface area contributed by atoms with E-state index in [9.17, 15) is 8.42 Å². The van der Waals surface area contributed by atoms with Crippen LogP contribution in [0.4, 0.5) is 5.82 Å². The highest BCUT2D eigenvalue weighted by atomic mass is 32.2. The molecule has 4 rings (SSSR count). The zero-order valence-corrected chi connectivity index (χ0v) is 14.2. The van der Waals surface area contributed by atoms with E-state index < -0.39 is 10.0 Å². The molecule has 0 radical (unpaired) electrons. The van der Waals surface area contributed by atoms with Gasteiger partial charge in [0.15, 0.2) is 11.5 Å². The van der Waals surface area contributed by atoms with Gasteiger partial charge in [-0.05, 0) is 28.1 Å². The molecule has 1 aliphatic heterocycles.